The SMILES string of the molecule is CN1CCC(Cn2c(N)n[nH]c2=S)CC1. The quantitative estimate of drug-likeness (QED) is 0.736. The summed E-state index contributed by atoms with van der Waals surface area (Å²) in [5.74, 6) is 1.17. The molecule has 1 aromatic rings. The zero-order valence-corrected chi connectivity index (χ0v) is 9.76. The van der Waals surface area contributed by atoms with E-state index in [-0.39, 0.29) is 0 Å². The predicted octanol–water partition coefficient (Wildman–Crippen LogP) is 0.865. The van der Waals surface area contributed by atoms with E-state index in [1.807, 2.05) is 4.57 Å². The van der Waals surface area contributed by atoms with E-state index in [9.17, 15) is 0 Å². The number of nitrogens with one attached hydrogen (secondary N) is 1. The van der Waals surface area contributed by atoms with E-state index in [1.165, 1.54) is 12.8 Å². The average Bonchev–Trinajstić information content (AvgIpc) is 2.53. The molecule has 0 amide bonds. The summed E-state index contributed by atoms with van der Waals surface area (Å²) in [6, 6.07) is 0. The molecule has 2 heterocycles. The highest BCUT2D eigenvalue weighted by Gasteiger charge is 2.18. The molecule has 1 aliphatic heterocycles. The number of hydrogen-bond donors (Lipinski definition) is 2. The van der Waals surface area contributed by atoms with Crippen LogP contribution in [0.3, 0.4) is 0 Å². The third-order valence-corrected chi connectivity index (χ3v) is 3.38. The first kappa shape index (κ1) is 10.6. The third-order valence-electron chi connectivity index (χ3n) is 3.07. The molecule has 0 aromatic carbocycles. The number of hydrogen-bond acceptors (Lipinski definition) is 4. The molecular formula is C9H17N5S. The molecular weight excluding hydrogens is 210 g/mol. The lowest BCUT2D eigenvalue weighted by Gasteiger charge is -2.29. The number of anilines is 1. The minimum Gasteiger partial charge on any atom is -0.368 e. The van der Waals surface area contributed by atoms with Gasteiger partial charge in [0.25, 0.3) is 0 Å². The van der Waals surface area contributed by atoms with Crippen LogP contribution in [0.1, 0.15) is 12.8 Å². The van der Waals surface area contributed by atoms with Gasteiger partial charge in [0, 0.05) is 6.54 Å². The Balaban J connectivity index is 2.00. The van der Waals surface area contributed by atoms with Crippen LogP contribution in [0.2, 0.25) is 0 Å². The van der Waals surface area contributed by atoms with Crippen LogP contribution in [0, 0.1) is 10.7 Å². The van der Waals surface area contributed by atoms with Crippen molar-refractivity contribution in [3.05, 3.63) is 4.77 Å². The van der Waals surface area contributed by atoms with Gasteiger partial charge in [-0.3, -0.25) is 4.57 Å². The first-order chi connectivity index (χ1) is 7.16. The fraction of sp³-hybridized carbons (Fsp3) is 0.778. The molecule has 15 heavy (non-hydrogen) atoms. The van der Waals surface area contributed by atoms with Crippen molar-refractivity contribution in [1.82, 2.24) is 19.7 Å². The monoisotopic (exact) mass is 227 g/mol. The van der Waals surface area contributed by atoms with Crippen molar-refractivity contribution >= 4 is 18.2 Å². The Kier molecular flexibility index (Phi) is 3.06. The molecule has 0 aliphatic carbocycles. The van der Waals surface area contributed by atoms with E-state index in [0.717, 1.165) is 19.6 Å². The van der Waals surface area contributed by atoms with Crippen LogP contribution in [0.15, 0.2) is 0 Å². The Labute approximate surface area is 94.3 Å². The van der Waals surface area contributed by atoms with Gasteiger partial charge in [0.1, 0.15) is 0 Å². The highest BCUT2D eigenvalue weighted by molar-refractivity contribution is 7.71. The summed E-state index contributed by atoms with van der Waals surface area (Å²) in [5, 5.41) is 6.63. The van der Waals surface area contributed by atoms with Crippen molar-refractivity contribution in [3.63, 3.8) is 0 Å². The number of aromatic nitrogens is 3. The second-order valence-corrected chi connectivity index (χ2v) is 4.63. The Bertz CT molecular complexity index is 374. The topological polar surface area (TPSA) is 62.9 Å². The van der Waals surface area contributed by atoms with E-state index in [2.05, 4.69) is 22.1 Å². The molecule has 3 N–H and O–H groups in total. The van der Waals surface area contributed by atoms with Crippen LogP contribution >= 0.6 is 12.2 Å². The molecule has 1 fully saturated rings. The summed E-state index contributed by atoms with van der Waals surface area (Å²) in [6.45, 7) is 3.22. The fourth-order valence-corrected chi connectivity index (χ4v) is 2.22. The van der Waals surface area contributed by atoms with E-state index in [4.69, 9.17) is 18.0 Å². The van der Waals surface area contributed by atoms with Gasteiger partial charge >= 0.3 is 0 Å². The maximum atomic E-state index is 5.73. The highest BCUT2D eigenvalue weighted by atomic mass is 32.1. The smallest absolute Gasteiger partial charge is 0.220 e. The zero-order valence-electron chi connectivity index (χ0n) is 8.94. The van der Waals surface area contributed by atoms with Crippen LogP contribution in [0.25, 0.3) is 0 Å². The number of nitrogen functional groups attached to an aromatic ring is 1. The normalized spacial score (nSPS) is 19.5. The summed E-state index contributed by atoms with van der Waals surface area (Å²) in [4.78, 5) is 2.36. The Morgan fingerprint density at radius 3 is 2.73 bits per heavy atom. The number of piperidine rings is 1. The van der Waals surface area contributed by atoms with Crippen LogP contribution in [0.4, 0.5) is 5.95 Å². The molecule has 0 unspecified atom stereocenters. The lowest BCUT2D eigenvalue weighted by atomic mass is 9.97. The summed E-state index contributed by atoms with van der Waals surface area (Å²) in [7, 11) is 2.16. The first-order valence-electron chi connectivity index (χ1n) is 5.26. The van der Waals surface area contributed by atoms with Crippen molar-refractivity contribution < 1.29 is 0 Å². The Morgan fingerprint density at radius 1 is 1.53 bits per heavy atom. The number of rotatable bonds is 2. The second-order valence-electron chi connectivity index (χ2n) is 4.24. The van der Waals surface area contributed by atoms with Crippen molar-refractivity contribution in [1.29, 1.82) is 0 Å². The number of H-pyrrole nitrogens is 1. The van der Waals surface area contributed by atoms with Crippen molar-refractivity contribution in [2.45, 2.75) is 19.4 Å². The van der Waals surface area contributed by atoms with Gasteiger partial charge in [0.05, 0.1) is 0 Å². The largest absolute Gasteiger partial charge is 0.368 e. The standard InChI is InChI=1S/C9H17N5S/c1-13-4-2-7(3-5-13)6-14-8(10)11-12-9(14)15/h7H,2-6H2,1H3,(H2,10,11)(H,12,15). The van der Waals surface area contributed by atoms with Crippen LogP contribution in [0.5, 0.6) is 0 Å². The van der Waals surface area contributed by atoms with Crippen molar-refractivity contribution in [2.75, 3.05) is 25.9 Å². The zero-order chi connectivity index (χ0) is 10.8. The van der Waals surface area contributed by atoms with Gasteiger partial charge in [-0.2, -0.15) is 0 Å². The van der Waals surface area contributed by atoms with Crippen LogP contribution in [-0.4, -0.2) is 39.8 Å². The average molecular weight is 227 g/mol. The maximum Gasteiger partial charge on any atom is 0.220 e. The van der Waals surface area contributed by atoms with Crippen LogP contribution < -0.4 is 5.73 Å². The van der Waals surface area contributed by atoms with Gasteiger partial charge in [-0.25, -0.2) is 5.10 Å². The highest BCUT2D eigenvalue weighted by Crippen LogP contribution is 2.19. The minimum absolute atomic E-state index is 0.499. The van der Waals surface area contributed by atoms with Gasteiger partial charge in [-0.05, 0) is 51.1 Å². The van der Waals surface area contributed by atoms with E-state index in [1.54, 1.807) is 0 Å². The molecule has 0 atom stereocenters. The van der Waals surface area contributed by atoms with Gasteiger partial charge < -0.3 is 10.6 Å². The first-order valence-corrected chi connectivity index (χ1v) is 5.67. The third kappa shape index (κ3) is 2.38. The molecule has 1 aromatic heterocycles. The molecule has 1 aliphatic rings. The van der Waals surface area contributed by atoms with E-state index < -0.39 is 0 Å². The van der Waals surface area contributed by atoms with Gasteiger partial charge in [-0.1, -0.05) is 0 Å². The van der Waals surface area contributed by atoms with Crippen LogP contribution in [-0.2, 0) is 6.54 Å². The molecule has 1 saturated heterocycles. The summed E-state index contributed by atoms with van der Waals surface area (Å²) < 4.78 is 2.53. The molecule has 0 radical (unpaired) electrons. The predicted molar refractivity (Wildman–Crippen MR) is 62.0 cm³/mol. The Hall–Kier alpha value is -0.880. The number of nitrogens with zero attached hydrogens (tertiary/aromatic N) is 3. The summed E-state index contributed by atoms with van der Waals surface area (Å²) in [5.41, 5.74) is 5.73. The molecule has 0 saturated carbocycles. The number of likely N-dealkylation sites (tertiary alicyclic amines) is 1. The van der Waals surface area contributed by atoms with Crippen molar-refractivity contribution in [3.8, 4) is 0 Å². The second kappa shape index (κ2) is 4.32. The summed E-state index contributed by atoms with van der Waals surface area (Å²) in [6.07, 6.45) is 2.42. The maximum absolute atomic E-state index is 5.73. The molecule has 2 rings (SSSR count). The van der Waals surface area contributed by atoms with Crippen molar-refractivity contribution in [2.24, 2.45) is 5.92 Å². The molecule has 0 spiro atoms. The molecule has 5 nitrogen and oxygen atoms in total. The Morgan fingerprint density at radius 2 is 2.20 bits per heavy atom. The molecule has 6 heteroatoms. The van der Waals surface area contributed by atoms with E-state index in [0.29, 0.717) is 16.6 Å². The summed E-state index contributed by atoms with van der Waals surface area (Å²) >= 11 is 5.12. The lowest BCUT2D eigenvalue weighted by molar-refractivity contribution is 0.205. The van der Waals surface area contributed by atoms with Gasteiger partial charge in [0.2, 0.25) is 5.95 Å². The van der Waals surface area contributed by atoms with Gasteiger partial charge in [0.15, 0.2) is 4.77 Å². The van der Waals surface area contributed by atoms with Gasteiger partial charge in [-0.15, -0.1) is 5.10 Å². The number of aromatic amines is 1. The lowest BCUT2D eigenvalue weighted by Crippen LogP contribution is -2.32. The van der Waals surface area contributed by atoms with E-state index >= 15 is 0 Å². The molecule has 0 bridgehead atoms. The molecule has 84 valence electrons. The number of nitrogens with two attached hydrogens (primary N) is 1. The minimum atomic E-state index is 0.499. The fourth-order valence-electron chi connectivity index (χ4n) is 2.01.